The lowest BCUT2D eigenvalue weighted by atomic mass is 10.1. The third-order valence-electron chi connectivity index (χ3n) is 5.57. The average Bonchev–Trinajstić information content (AvgIpc) is 3.50. The van der Waals surface area contributed by atoms with Gasteiger partial charge >= 0.3 is 6.18 Å². The number of nitrogens with zero attached hydrogens (tertiary/aromatic N) is 2. The molecule has 4 rings (SSSR count). The van der Waals surface area contributed by atoms with Gasteiger partial charge in [0.15, 0.2) is 11.5 Å². The molecule has 0 atom stereocenters. The van der Waals surface area contributed by atoms with Crippen molar-refractivity contribution in [3.8, 4) is 22.1 Å². The van der Waals surface area contributed by atoms with Crippen LogP contribution >= 0.6 is 11.3 Å². The Morgan fingerprint density at radius 1 is 1.09 bits per heavy atom. The molecule has 0 radical (unpaired) electrons. The fourth-order valence-electron chi connectivity index (χ4n) is 3.90. The normalized spacial score (nSPS) is 13.7. The Bertz CT molecular complexity index is 1170. The number of hydrogen-bond acceptors (Lipinski definition) is 6. The summed E-state index contributed by atoms with van der Waals surface area (Å²) in [5, 5.41) is 5.14. The first-order chi connectivity index (χ1) is 16.3. The molecule has 1 aromatic heterocycles. The minimum Gasteiger partial charge on any atom is -0.493 e. The van der Waals surface area contributed by atoms with Crippen LogP contribution in [0.25, 0.3) is 10.6 Å². The van der Waals surface area contributed by atoms with Gasteiger partial charge in [-0.2, -0.15) is 13.2 Å². The molecule has 1 aliphatic heterocycles. The number of hydrogen-bond donors (Lipinski definition) is 1. The van der Waals surface area contributed by atoms with Crippen molar-refractivity contribution in [2.24, 2.45) is 0 Å². The van der Waals surface area contributed by atoms with Crippen molar-refractivity contribution in [3.63, 3.8) is 0 Å². The summed E-state index contributed by atoms with van der Waals surface area (Å²) in [6.45, 7) is 1.49. The van der Waals surface area contributed by atoms with Crippen molar-refractivity contribution in [2.75, 3.05) is 37.5 Å². The lowest BCUT2D eigenvalue weighted by Crippen LogP contribution is -2.22. The van der Waals surface area contributed by atoms with Gasteiger partial charge in [-0.05, 0) is 49.2 Å². The van der Waals surface area contributed by atoms with Crippen LogP contribution < -0.4 is 19.7 Å². The summed E-state index contributed by atoms with van der Waals surface area (Å²) < 4.78 is 50.4. The molecule has 3 aromatic rings. The molecule has 2 aromatic carbocycles. The van der Waals surface area contributed by atoms with Gasteiger partial charge in [-0.15, -0.1) is 11.3 Å². The summed E-state index contributed by atoms with van der Waals surface area (Å²) in [7, 11) is 3.10. The summed E-state index contributed by atoms with van der Waals surface area (Å²) in [6, 6.07) is 8.90. The van der Waals surface area contributed by atoms with Crippen molar-refractivity contribution in [3.05, 3.63) is 53.0 Å². The number of anilines is 2. The van der Waals surface area contributed by atoms with Gasteiger partial charge < -0.3 is 19.7 Å². The van der Waals surface area contributed by atoms with Crippen molar-refractivity contribution in [1.82, 2.24) is 4.98 Å². The Labute approximate surface area is 199 Å². The molecule has 1 aliphatic rings. The van der Waals surface area contributed by atoms with Gasteiger partial charge in [-0.3, -0.25) is 4.79 Å². The predicted molar refractivity (Wildman–Crippen MR) is 126 cm³/mol. The Morgan fingerprint density at radius 2 is 1.82 bits per heavy atom. The summed E-state index contributed by atoms with van der Waals surface area (Å²) >= 11 is 1.37. The smallest absolute Gasteiger partial charge is 0.416 e. The topological polar surface area (TPSA) is 63.7 Å². The van der Waals surface area contributed by atoms with E-state index in [1.54, 1.807) is 31.7 Å². The molecular weight excluding hydrogens is 467 g/mol. The maximum Gasteiger partial charge on any atom is 0.416 e. The summed E-state index contributed by atoms with van der Waals surface area (Å²) in [5.74, 6) is 0.731. The highest BCUT2D eigenvalue weighted by atomic mass is 32.1. The number of benzene rings is 2. The van der Waals surface area contributed by atoms with Crippen LogP contribution in [0.15, 0.2) is 41.8 Å². The molecule has 0 saturated carbocycles. The number of rotatable bonds is 7. The maximum atomic E-state index is 13.3. The summed E-state index contributed by atoms with van der Waals surface area (Å²) in [4.78, 5) is 19.3. The second-order valence-electron chi connectivity index (χ2n) is 7.86. The van der Waals surface area contributed by atoms with Crippen LogP contribution in [0.4, 0.5) is 24.5 Å². The number of thiazole rings is 1. The number of methoxy groups -OCH3 is 2. The molecule has 0 spiro atoms. The quantitative estimate of drug-likeness (QED) is 0.464. The highest BCUT2D eigenvalue weighted by molar-refractivity contribution is 7.13. The van der Waals surface area contributed by atoms with Gasteiger partial charge in [0.2, 0.25) is 5.91 Å². The van der Waals surface area contributed by atoms with Crippen LogP contribution in [0, 0.1) is 0 Å². The van der Waals surface area contributed by atoms with E-state index in [9.17, 15) is 18.0 Å². The first kappa shape index (κ1) is 23.9. The standard InChI is InChI=1S/C24H24F3N3O3S/c1-32-20-8-5-15(11-21(20)33-2)23-28-17(14-34-23)13-22(31)29-18-12-16(24(25,26)27)6-7-19(18)30-9-3-4-10-30/h5-8,11-12,14H,3-4,9-10,13H2,1-2H3,(H,29,31). The van der Waals surface area contributed by atoms with Crippen LogP contribution in [-0.2, 0) is 17.4 Å². The van der Waals surface area contributed by atoms with Gasteiger partial charge in [-0.25, -0.2) is 4.98 Å². The predicted octanol–water partition coefficient (Wildman–Crippen LogP) is 5.63. The van der Waals surface area contributed by atoms with Crippen molar-refractivity contribution < 1.29 is 27.4 Å². The number of amides is 1. The van der Waals surface area contributed by atoms with Crippen LogP contribution in [-0.4, -0.2) is 38.2 Å². The third-order valence-corrected chi connectivity index (χ3v) is 6.51. The minimum absolute atomic E-state index is 0.0561. The fraction of sp³-hybridized carbons (Fsp3) is 0.333. The molecule has 1 N–H and O–H groups in total. The van der Waals surface area contributed by atoms with Crippen LogP contribution in [0.3, 0.4) is 0 Å². The van der Waals surface area contributed by atoms with E-state index < -0.39 is 17.6 Å². The Kier molecular flexibility index (Phi) is 6.97. The van der Waals surface area contributed by atoms with E-state index in [1.165, 1.54) is 17.4 Å². The number of carbonyl (C=O) groups excluding carboxylic acids is 1. The molecule has 10 heteroatoms. The number of halogens is 3. The largest absolute Gasteiger partial charge is 0.493 e. The van der Waals surface area contributed by atoms with Crippen LogP contribution in [0.5, 0.6) is 11.5 Å². The van der Waals surface area contributed by atoms with E-state index in [0.717, 1.165) is 43.6 Å². The van der Waals surface area contributed by atoms with E-state index >= 15 is 0 Å². The highest BCUT2D eigenvalue weighted by Crippen LogP contribution is 2.37. The number of ether oxygens (including phenoxy) is 2. The van der Waals surface area contributed by atoms with Gasteiger partial charge in [0.25, 0.3) is 0 Å². The zero-order valence-electron chi connectivity index (χ0n) is 18.7. The second-order valence-corrected chi connectivity index (χ2v) is 8.72. The minimum atomic E-state index is -4.49. The molecule has 180 valence electrons. The maximum absolute atomic E-state index is 13.3. The van der Waals surface area contributed by atoms with Crippen LogP contribution in [0.1, 0.15) is 24.1 Å². The molecule has 2 heterocycles. The zero-order valence-corrected chi connectivity index (χ0v) is 19.6. The van der Waals surface area contributed by atoms with Crippen LogP contribution in [0.2, 0.25) is 0 Å². The fourth-order valence-corrected chi connectivity index (χ4v) is 4.71. The lowest BCUT2D eigenvalue weighted by Gasteiger charge is -2.23. The molecule has 0 unspecified atom stereocenters. The van der Waals surface area contributed by atoms with E-state index in [2.05, 4.69) is 10.3 Å². The first-order valence-electron chi connectivity index (χ1n) is 10.7. The molecule has 6 nitrogen and oxygen atoms in total. The van der Waals surface area contributed by atoms with E-state index in [0.29, 0.717) is 27.9 Å². The molecule has 1 saturated heterocycles. The monoisotopic (exact) mass is 491 g/mol. The number of alkyl halides is 3. The Hall–Kier alpha value is -3.27. The molecule has 34 heavy (non-hydrogen) atoms. The number of nitrogens with one attached hydrogen (secondary N) is 1. The van der Waals surface area contributed by atoms with E-state index in [-0.39, 0.29) is 12.1 Å². The first-order valence-corrected chi connectivity index (χ1v) is 11.6. The molecule has 0 bridgehead atoms. The van der Waals surface area contributed by atoms with E-state index in [1.807, 2.05) is 11.0 Å². The second kappa shape index (κ2) is 9.92. The Balaban J connectivity index is 1.52. The highest BCUT2D eigenvalue weighted by Gasteiger charge is 2.32. The molecule has 0 aliphatic carbocycles. The third kappa shape index (κ3) is 5.27. The van der Waals surface area contributed by atoms with Gasteiger partial charge in [0.1, 0.15) is 5.01 Å². The summed E-state index contributed by atoms with van der Waals surface area (Å²) in [5.41, 5.74) is 1.31. The Morgan fingerprint density at radius 3 is 2.50 bits per heavy atom. The van der Waals surface area contributed by atoms with Crippen molar-refractivity contribution in [2.45, 2.75) is 25.4 Å². The average molecular weight is 492 g/mol. The number of carbonyl (C=O) groups is 1. The molecular formula is C24H24F3N3O3S. The summed E-state index contributed by atoms with van der Waals surface area (Å²) in [6.07, 6.45) is -2.62. The van der Waals surface area contributed by atoms with E-state index in [4.69, 9.17) is 9.47 Å². The van der Waals surface area contributed by atoms with Gasteiger partial charge in [0, 0.05) is 24.0 Å². The van der Waals surface area contributed by atoms with Gasteiger partial charge in [-0.1, -0.05) is 0 Å². The SMILES string of the molecule is COc1ccc(-c2nc(CC(=O)Nc3cc(C(F)(F)F)ccc3N3CCCC3)cs2)cc1OC. The van der Waals surface area contributed by atoms with Gasteiger partial charge in [0.05, 0.1) is 43.3 Å². The van der Waals surface area contributed by atoms with Crippen molar-refractivity contribution >= 4 is 28.6 Å². The molecule has 1 amide bonds. The number of aromatic nitrogens is 1. The molecule has 1 fully saturated rings. The lowest BCUT2D eigenvalue weighted by molar-refractivity contribution is -0.137. The zero-order chi connectivity index (χ0) is 24.3. The van der Waals surface area contributed by atoms with Crippen molar-refractivity contribution in [1.29, 1.82) is 0 Å².